The molecule has 2 N–H and O–H groups in total. The first-order valence-electron chi connectivity index (χ1n) is 8.27. The number of rotatable bonds is 5. The second-order valence-electron chi connectivity index (χ2n) is 6.97. The maximum atomic E-state index is 13.3. The van der Waals surface area contributed by atoms with Gasteiger partial charge in [-0.1, -0.05) is 12.1 Å². The number of carboxylic acids is 1. The summed E-state index contributed by atoms with van der Waals surface area (Å²) in [5.74, 6) is -1.71. The Morgan fingerprint density at radius 1 is 1.26 bits per heavy atom. The van der Waals surface area contributed by atoms with Crippen LogP contribution in [0.3, 0.4) is 0 Å². The molecule has 0 unspecified atom stereocenters. The van der Waals surface area contributed by atoms with Crippen LogP contribution in [-0.4, -0.2) is 22.5 Å². The van der Waals surface area contributed by atoms with Gasteiger partial charge in [0.2, 0.25) is 5.91 Å². The Morgan fingerprint density at radius 3 is 2.57 bits per heavy atom. The SMILES string of the molecule is O=C(O)[C@@H]1CC[C@H](C(=O)NC2(Cc3cccc(F)c3)CCC2)C1. The lowest BCUT2D eigenvalue weighted by atomic mass is 9.72. The number of hydrogen-bond acceptors (Lipinski definition) is 2. The molecule has 2 aliphatic carbocycles. The molecule has 5 heteroatoms. The van der Waals surface area contributed by atoms with Gasteiger partial charge in [0.1, 0.15) is 5.82 Å². The van der Waals surface area contributed by atoms with Gasteiger partial charge >= 0.3 is 5.97 Å². The van der Waals surface area contributed by atoms with Gasteiger partial charge < -0.3 is 10.4 Å². The molecule has 2 saturated carbocycles. The van der Waals surface area contributed by atoms with Crippen LogP contribution in [0, 0.1) is 17.7 Å². The maximum Gasteiger partial charge on any atom is 0.306 e. The summed E-state index contributed by atoms with van der Waals surface area (Å²) in [7, 11) is 0. The molecule has 2 fully saturated rings. The van der Waals surface area contributed by atoms with Crippen LogP contribution >= 0.6 is 0 Å². The molecule has 4 nitrogen and oxygen atoms in total. The largest absolute Gasteiger partial charge is 0.481 e. The van der Waals surface area contributed by atoms with Gasteiger partial charge in [-0.2, -0.15) is 0 Å². The monoisotopic (exact) mass is 319 g/mol. The minimum atomic E-state index is -0.807. The van der Waals surface area contributed by atoms with Crippen LogP contribution in [0.5, 0.6) is 0 Å². The smallest absolute Gasteiger partial charge is 0.306 e. The Labute approximate surface area is 135 Å². The lowest BCUT2D eigenvalue weighted by Gasteiger charge is -2.43. The Kier molecular flexibility index (Phi) is 4.37. The van der Waals surface area contributed by atoms with E-state index in [9.17, 15) is 14.0 Å². The third-order valence-corrected chi connectivity index (χ3v) is 5.28. The number of carbonyl (C=O) groups is 2. The molecule has 0 heterocycles. The van der Waals surface area contributed by atoms with Gasteiger partial charge in [-0.25, -0.2) is 4.39 Å². The Bertz CT molecular complexity index is 612. The van der Waals surface area contributed by atoms with Crippen LogP contribution in [0.1, 0.15) is 44.1 Å². The predicted molar refractivity (Wildman–Crippen MR) is 83.3 cm³/mol. The highest BCUT2D eigenvalue weighted by Crippen LogP contribution is 2.37. The second-order valence-corrected chi connectivity index (χ2v) is 6.97. The minimum absolute atomic E-state index is 0.0372. The van der Waals surface area contributed by atoms with E-state index in [0.29, 0.717) is 25.7 Å². The molecule has 0 radical (unpaired) electrons. The van der Waals surface area contributed by atoms with Crippen molar-refractivity contribution in [2.24, 2.45) is 11.8 Å². The molecular weight excluding hydrogens is 297 g/mol. The average molecular weight is 319 g/mol. The van der Waals surface area contributed by atoms with Gasteiger partial charge in [-0.15, -0.1) is 0 Å². The van der Waals surface area contributed by atoms with Crippen LogP contribution in [0.2, 0.25) is 0 Å². The highest BCUT2D eigenvalue weighted by Gasteiger charge is 2.41. The molecule has 2 atom stereocenters. The van der Waals surface area contributed by atoms with E-state index in [-0.39, 0.29) is 23.2 Å². The highest BCUT2D eigenvalue weighted by molar-refractivity contribution is 5.81. The van der Waals surface area contributed by atoms with E-state index in [4.69, 9.17) is 5.11 Å². The Morgan fingerprint density at radius 2 is 2.00 bits per heavy atom. The zero-order valence-electron chi connectivity index (χ0n) is 13.1. The molecule has 2 aliphatic rings. The fourth-order valence-corrected chi connectivity index (χ4v) is 3.79. The fourth-order valence-electron chi connectivity index (χ4n) is 3.79. The molecule has 0 aromatic heterocycles. The first kappa shape index (κ1) is 16.0. The number of halogens is 1. The van der Waals surface area contributed by atoms with E-state index in [0.717, 1.165) is 24.8 Å². The van der Waals surface area contributed by atoms with Gasteiger partial charge in [0, 0.05) is 11.5 Å². The number of hydrogen-bond donors (Lipinski definition) is 2. The standard InChI is InChI=1S/C18H22FNO3/c19-15-4-1-3-12(9-15)11-18(7-2-8-18)20-16(21)13-5-6-14(10-13)17(22)23/h1,3-4,9,13-14H,2,5-8,10-11H2,(H,20,21)(H,22,23)/t13-,14+/m0/s1. The molecule has 0 saturated heterocycles. The summed E-state index contributed by atoms with van der Waals surface area (Å²) in [6, 6.07) is 6.50. The van der Waals surface area contributed by atoms with Crippen molar-refractivity contribution in [1.29, 1.82) is 0 Å². The molecule has 1 amide bonds. The van der Waals surface area contributed by atoms with Gasteiger partial charge in [-0.05, 0) is 62.6 Å². The number of carboxylic acid groups (broad SMARTS) is 1. The molecule has 23 heavy (non-hydrogen) atoms. The lowest BCUT2D eigenvalue weighted by Crippen LogP contribution is -2.56. The van der Waals surface area contributed by atoms with Gasteiger partial charge in [0.05, 0.1) is 5.92 Å². The minimum Gasteiger partial charge on any atom is -0.481 e. The summed E-state index contributed by atoms with van der Waals surface area (Å²) in [6.45, 7) is 0. The third-order valence-electron chi connectivity index (χ3n) is 5.28. The van der Waals surface area contributed by atoms with Crippen molar-refractivity contribution in [3.05, 3.63) is 35.6 Å². The molecule has 3 rings (SSSR count). The number of carbonyl (C=O) groups excluding carboxylic acids is 1. The Hall–Kier alpha value is -1.91. The highest BCUT2D eigenvalue weighted by atomic mass is 19.1. The number of nitrogens with one attached hydrogen (secondary N) is 1. The van der Waals surface area contributed by atoms with E-state index in [1.54, 1.807) is 6.07 Å². The van der Waals surface area contributed by atoms with Crippen LogP contribution in [0.4, 0.5) is 4.39 Å². The van der Waals surface area contributed by atoms with Crippen LogP contribution < -0.4 is 5.32 Å². The predicted octanol–water partition coefficient (Wildman–Crippen LogP) is 2.91. The molecule has 1 aromatic rings. The molecule has 1 aromatic carbocycles. The van der Waals surface area contributed by atoms with E-state index in [2.05, 4.69) is 5.32 Å². The molecule has 124 valence electrons. The number of amides is 1. The summed E-state index contributed by atoms with van der Waals surface area (Å²) in [5, 5.41) is 12.2. The summed E-state index contributed by atoms with van der Waals surface area (Å²) >= 11 is 0. The number of aliphatic carboxylic acids is 1. The molecular formula is C18H22FNO3. The fraction of sp³-hybridized carbons (Fsp3) is 0.556. The van der Waals surface area contributed by atoms with Crippen molar-refractivity contribution < 1.29 is 19.1 Å². The zero-order chi connectivity index (χ0) is 16.4. The molecule has 0 bridgehead atoms. The Balaban J connectivity index is 1.63. The summed E-state index contributed by atoms with van der Waals surface area (Å²) < 4.78 is 13.3. The normalized spacial score (nSPS) is 25.6. The first-order chi connectivity index (χ1) is 11.0. The third kappa shape index (κ3) is 3.54. The molecule has 0 spiro atoms. The van der Waals surface area contributed by atoms with Crippen molar-refractivity contribution >= 4 is 11.9 Å². The van der Waals surface area contributed by atoms with E-state index < -0.39 is 11.9 Å². The quantitative estimate of drug-likeness (QED) is 0.877. The van der Waals surface area contributed by atoms with E-state index in [1.807, 2.05) is 6.07 Å². The van der Waals surface area contributed by atoms with Crippen molar-refractivity contribution in [2.75, 3.05) is 0 Å². The van der Waals surface area contributed by atoms with Crippen LogP contribution in [0.25, 0.3) is 0 Å². The summed E-state index contributed by atoms with van der Waals surface area (Å²) in [6.07, 6.45) is 5.11. The summed E-state index contributed by atoms with van der Waals surface area (Å²) in [4.78, 5) is 23.5. The van der Waals surface area contributed by atoms with Gasteiger partial charge in [-0.3, -0.25) is 9.59 Å². The first-order valence-corrected chi connectivity index (χ1v) is 8.27. The van der Waals surface area contributed by atoms with Gasteiger partial charge in [0.15, 0.2) is 0 Å². The van der Waals surface area contributed by atoms with Crippen molar-refractivity contribution in [1.82, 2.24) is 5.32 Å². The van der Waals surface area contributed by atoms with Crippen molar-refractivity contribution in [2.45, 2.75) is 50.5 Å². The van der Waals surface area contributed by atoms with Crippen molar-refractivity contribution in [3.63, 3.8) is 0 Å². The van der Waals surface area contributed by atoms with Crippen LogP contribution in [0.15, 0.2) is 24.3 Å². The van der Waals surface area contributed by atoms with E-state index >= 15 is 0 Å². The average Bonchev–Trinajstić information content (AvgIpc) is 2.95. The maximum absolute atomic E-state index is 13.3. The summed E-state index contributed by atoms with van der Waals surface area (Å²) in [5.41, 5.74) is 0.603. The van der Waals surface area contributed by atoms with Crippen LogP contribution in [-0.2, 0) is 16.0 Å². The van der Waals surface area contributed by atoms with Gasteiger partial charge in [0.25, 0.3) is 0 Å². The van der Waals surface area contributed by atoms with E-state index in [1.165, 1.54) is 12.1 Å². The zero-order valence-corrected chi connectivity index (χ0v) is 13.1. The number of benzene rings is 1. The topological polar surface area (TPSA) is 66.4 Å². The molecule has 0 aliphatic heterocycles. The van der Waals surface area contributed by atoms with Crippen molar-refractivity contribution in [3.8, 4) is 0 Å². The second kappa shape index (κ2) is 6.30. The lowest BCUT2D eigenvalue weighted by molar-refractivity contribution is -0.141.